The van der Waals surface area contributed by atoms with E-state index in [1.165, 1.54) is 6.07 Å². The summed E-state index contributed by atoms with van der Waals surface area (Å²) in [6, 6.07) is 12.5. The maximum absolute atomic E-state index is 12.8. The van der Waals surface area contributed by atoms with Gasteiger partial charge in [-0.3, -0.25) is 9.59 Å². The van der Waals surface area contributed by atoms with Gasteiger partial charge in [0, 0.05) is 30.8 Å². The lowest BCUT2D eigenvalue weighted by Gasteiger charge is -2.23. The molecule has 0 saturated carbocycles. The minimum absolute atomic E-state index is 0.127. The third-order valence-corrected chi connectivity index (χ3v) is 4.23. The van der Waals surface area contributed by atoms with E-state index in [0.717, 1.165) is 18.2 Å². The zero-order valence-electron chi connectivity index (χ0n) is 16.3. The number of hydrogen-bond donors (Lipinski definition) is 3. The van der Waals surface area contributed by atoms with Gasteiger partial charge in [0.25, 0.3) is 11.8 Å². The molecular formula is C21H23F3N2O4. The van der Waals surface area contributed by atoms with Crippen LogP contribution in [0.3, 0.4) is 0 Å². The second-order valence-electron chi connectivity index (χ2n) is 6.43. The summed E-state index contributed by atoms with van der Waals surface area (Å²) >= 11 is 0. The van der Waals surface area contributed by atoms with Crippen LogP contribution in [0.15, 0.2) is 54.6 Å². The van der Waals surface area contributed by atoms with Crippen molar-refractivity contribution in [3.05, 3.63) is 71.3 Å². The topological polar surface area (TPSA) is 87.7 Å². The van der Waals surface area contributed by atoms with Crippen LogP contribution in [0.4, 0.5) is 13.2 Å². The fourth-order valence-corrected chi connectivity index (χ4v) is 2.67. The molecule has 162 valence electrons. The molecule has 0 aliphatic heterocycles. The van der Waals surface area contributed by atoms with Gasteiger partial charge in [0.05, 0.1) is 11.7 Å². The van der Waals surface area contributed by atoms with Crippen LogP contribution >= 0.6 is 0 Å². The molecule has 2 aromatic rings. The Bertz CT molecular complexity index is 844. The number of aliphatic hydroxyl groups is 1. The highest BCUT2D eigenvalue weighted by molar-refractivity contribution is 5.94. The first-order valence-corrected chi connectivity index (χ1v) is 9.30. The second-order valence-corrected chi connectivity index (χ2v) is 6.43. The molecule has 0 spiro atoms. The molecule has 3 N–H and O–H groups in total. The Morgan fingerprint density at radius 1 is 0.967 bits per heavy atom. The molecular weight excluding hydrogens is 401 g/mol. The Kier molecular flexibility index (Phi) is 8.37. The summed E-state index contributed by atoms with van der Waals surface area (Å²) in [5, 5.41) is 15.4. The van der Waals surface area contributed by atoms with Crippen LogP contribution in [-0.2, 0) is 10.9 Å². The lowest BCUT2D eigenvalue weighted by Crippen LogP contribution is -2.46. The van der Waals surface area contributed by atoms with Crippen LogP contribution in [-0.4, -0.2) is 48.8 Å². The molecule has 0 aliphatic carbocycles. The molecule has 0 aliphatic rings. The van der Waals surface area contributed by atoms with E-state index in [0.29, 0.717) is 5.56 Å². The molecule has 6 nitrogen and oxygen atoms in total. The third-order valence-electron chi connectivity index (χ3n) is 4.23. The van der Waals surface area contributed by atoms with Gasteiger partial charge < -0.3 is 20.5 Å². The Hall–Kier alpha value is -2.91. The highest BCUT2D eigenvalue weighted by atomic mass is 19.4. The van der Waals surface area contributed by atoms with Gasteiger partial charge in [-0.05, 0) is 37.3 Å². The van der Waals surface area contributed by atoms with Gasteiger partial charge in [0.15, 0.2) is 0 Å². The number of nitrogens with one attached hydrogen (secondary N) is 2. The monoisotopic (exact) mass is 424 g/mol. The van der Waals surface area contributed by atoms with E-state index in [9.17, 15) is 27.9 Å². The summed E-state index contributed by atoms with van der Waals surface area (Å²) in [5.74, 6) is -1.11. The van der Waals surface area contributed by atoms with Crippen LogP contribution in [0.5, 0.6) is 0 Å². The van der Waals surface area contributed by atoms with Crippen LogP contribution in [0, 0.1) is 0 Å². The number of carbonyl (C=O) groups excluding carboxylic acids is 2. The van der Waals surface area contributed by atoms with Crippen LogP contribution in [0.2, 0.25) is 0 Å². The third kappa shape index (κ3) is 6.85. The fraction of sp³-hybridized carbons (Fsp3) is 0.333. The first-order chi connectivity index (χ1) is 14.2. The van der Waals surface area contributed by atoms with E-state index in [4.69, 9.17) is 4.74 Å². The van der Waals surface area contributed by atoms with Crippen molar-refractivity contribution in [3.8, 4) is 0 Å². The molecule has 0 unspecified atom stereocenters. The number of ether oxygens (including phenoxy) is 1. The largest absolute Gasteiger partial charge is 0.416 e. The highest BCUT2D eigenvalue weighted by Gasteiger charge is 2.31. The van der Waals surface area contributed by atoms with Gasteiger partial charge in [-0.2, -0.15) is 13.2 Å². The molecule has 9 heteroatoms. The van der Waals surface area contributed by atoms with Crippen LogP contribution in [0.25, 0.3) is 0 Å². The number of amides is 2. The number of rotatable bonds is 9. The van der Waals surface area contributed by atoms with E-state index in [-0.39, 0.29) is 31.2 Å². The predicted octanol–water partition coefficient (Wildman–Crippen LogP) is 2.63. The van der Waals surface area contributed by atoms with Gasteiger partial charge >= 0.3 is 6.18 Å². The SMILES string of the molecule is CCO[C@H](CNC(=O)c1cccc(C(F)(F)F)c1)[C@@H](O)CNC(=O)c1ccccc1. The number of halogens is 3. The fourth-order valence-electron chi connectivity index (χ4n) is 2.67. The van der Waals surface area contributed by atoms with Gasteiger partial charge in [0.1, 0.15) is 6.10 Å². The molecule has 2 amide bonds. The molecule has 0 bridgehead atoms. The summed E-state index contributed by atoms with van der Waals surface area (Å²) in [7, 11) is 0. The lowest BCUT2D eigenvalue weighted by molar-refractivity contribution is -0.137. The maximum Gasteiger partial charge on any atom is 0.416 e. The van der Waals surface area contributed by atoms with E-state index in [1.54, 1.807) is 37.3 Å². The van der Waals surface area contributed by atoms with Gasteiger partial charge in [0.2, 0.25) is 0 Å². The van der Waals surface area contributed by atoms with Gasteiger partial charge in [-0.1, -0.05) is 24.3 Å². The average Bonchev–Trinajstić information content (AvgIpc) is 2.74. The molecule has 2 aromatic carbocycles. The highest BCUT2D eigenvalue weighted by Crippen LogP contribution is 2.29. The molecule has 0 fully saturated rings. The zero-order valence-corrected chi connectivity index (χ0v) is 16.3. The van der Waals surface area contributed by atoms with Crippen molar-refractivity contribution in [1.29, 1.82) is 0 Å². The van der Waals surface area contributed by atoms with E-state index in [1.807, 2.05) is 0 Å². The quantitative estimate of drug-likeness (QED) is 0.578. The number of alkyl halides is 3. The second kappa shape index (κ2) is 10.7. The molecule has 30 heavy (non-hydrogen) atoms. The van der Waals surface area contributed by atoms with Crippen molar-refractivity contribution >= 4 is 11.8 Å². The number of aliphatic hydroxyl groups excluding tert-OH is 1. The summed E-state index contributed by atoms with van der Waals surface area (Å²) in [6.45, 7) is 1.65. The summed E-state index contributed by atoms with van der Waals surface area (Å²) in [6.07, 6.45) is -6.56. The van der Waals surface area contributed by atoms with E-state index in [2.05, 4.69) is 10.6 Å². The normalized spacial score (nSPS) is 13.4. The minimum Gasteiger partial charge on any atom is -0.388 e. The molecule has 0 heterocycles. The zero-order chi connectivity index (χ0) is 22.1. The standard InChI is InChI=1S/C21H23F3N2O4/c1-2-30-18(17(27)12-25-19(28)14-7-4-3-5-8-14)13-26-20(29)15-9-6-10-16(11-15)21(22,23)24/h3-11,17-18,27H,2,12-13H2,1H3,(H,25,28)(H,26,29)/t17-,18+/m0/s1. The summed E-state index contributed by atoms with van der Waals surface area (Å²) in [5.41, 5.74) is -0.664. The minimum atomic E-state index is -4.56. The summed E-state index contributed by atoms with van der Waals surface area (Å²) in [4.78, 5) is 24.3. The molecule has 0 radical (unpaired) electrons. The first-order valence-electron chi connectivity index (χ1n) is 9.30. The Labute approximate surface area is 172 Å². The Morgan fingerprint density at radius 3 is 2.20 bits per heavy atom. The van der Waals surface area contributed by atoms with Gasteiger partial charge in [-0.25, -0.2) is 0 Å². The lowest BCUT2D eigenvalue weighted by atomic mass is 10.1. The van der Waals surface area contributed by atoms with Crippen LogP contribution in [0.1, 0.15) is 33.2 Å². The number of hydrogen-bond acceptors (Lipinski definition) is 4. The Morgan fingerprint density at radius 2 is 1.57 bits per heavy atom. The van der Waals surface area contributed by atoms with Crippen molar-refractivity contribution in [3.63, 3.8) is 0 Å². The van der Waals surface area contributed by atoms with Crippen molar-refractivity contribution in [2.45, 2.75) is 25.3 Å². The van der Waals surface area contributed by atoms with E-state index >= 15 is 0 Å². The van der Waals surface area contributed by atoms with Crippen molar-refractivity contribution in [2.24, 2.45) is 0 Å². The summed E-state index contributed by atoms with van der Waals surface area (Å²) < 4.78 is 43.8. The van der Waals surface area contributed by atoms with E-state index < -0.39 is 29.9 Å². The van der Waals surface area contributed by atoms with Gasteiger partial charge in [-0.15, -0.1) is 0 Å². The molecule has 2 atom stereocenters. The first kappa shape index (κ1) is 23.4. The molecule has 0 saturated heterocycles. The van der Waals surface area contributed by atoms with Crippen molar-refractivity contribution in [1.82, 2.24) is 10.6 Å². The number of carbonyl (C=O) groups is 2. The van der Waals surface area contributed by atoms with Crippen molar-refractivity contribution in [2.75, 3.05) is 19.7 Å². The maximum atomic E-state index is 12.8. The smallest absolute Gasteiger partial charge is 0.388 e. The molecule has 0 aromatic heterocycles. The van der Waals surface area contributed by atoms with Crippen LogP contribution < -0.4 is 10.6 Å². The number of benzene rings is 2. The predicted molar refractivity (Wildman–Crippen MR) is 104 cm³/mol. The Balaban J connectivity index is 1.93. The molecule has 2 rings (SSSR count). The average molecular weight is 424 g/mol. The van der Waals surface area contributed by atoms with Crippen molar-refractivity contribution < 1.29 is 32.6 Å².